The summed E-state index contributed by atoms with van der Waals surface area (Å²) in [4.78, 5) is 40.3. The van der Waals surface area contributed by atoms with E-state index in [1.54, 1.807) is 7.05 Å². The second kappa shape index (κ2) is 22.1. The van der Waals surface area contributed by atoms with Gasteiger partial charge >= 0.3 is 23.9 Å². The van der Waals surface area contributed by atoms with Crippen molar-refractivity contribution >= 4 is 23.9 Å². The predicted molar refractivity (Wildman–Crippen MR) is 137 cm³/mol. The Kier molecular flexibility index (Phi) is 20.4. The molecule has 0 aliphatic heterocycles. The Morgan fingerprint density at radius 2 is 1.33 bits per heavy atom. The fraction of sp³-hybridized carbons (Fsp3) is 0.333. The first-order valence-electron chi connectivity index (χ1n) is 11.0. The maximum Gasteiger partial charge on any atom is 0.328 e. The van der Waals surface area contributed by atoms with Gasteiger partial charge in [-0.15, -0.1) is 0 Å². The minimum absolute atomic E-state index is 0.0597. The average molecular weight is 549 g/mol. The molecule has 1 heterocycles. The van der Waals surface area contributed by atoms with E-state index in [2.05, 4.69) is 20.9 Å². The number of nitriles is 2. The highest BCUT2D eigenvalue weighted by molar-refractivity contribution is 5.90. The minimum Gasteiger partial charge on any atom is -0.478 e. The van der Waals surface area contributed by atoms with Crippen molar-refractivity contribution in [3.63, 3.8) is 0 Å². The number of carboxylic acid groups (broad SMARTS) is 4. The van der Waals surface area contributed by atoms with Crippen molar-refractivity contribution in [2.75, 3.05) is 34.2 Å². The van der Waals surface area contributed by atoms with Crippen LogP contribution in [0.15, 0.2) is 52.2 Å². The molecule has 0 bridgehead atoms. The molecule has 0 aromatic carbocycles. The SMILES string of the molecule is CNC(NCCCNCc1ccc(CN(C)C)o1)=C(C#N)C#N.O=C(O)/C=C/C(=O)O.O=C(O)/C=C/C(=O)O. The lowest BCUT2D eigenvalue weighted by molar-refractivity contribution is -0.134. The van der Waals surface area contributed by atoms with Crippen molar-refractivity contribution < 1.29 is 44.0 Å². The van der Waals surface area contributed by atoms with E-state index in [1.807, 2.05) is 38.4 Å². The van der Waals surface area contributed by atoms with E-state index in [9.17, 15) is 19.2 Å². The topological polar surface area (TPSA) is 249 Å². The van der Waals surface area contributed by atoms with E-state index in [1.165, 1.54) is 0 Å². The number of nitrogens with zero attached hydrogens (tertiary/aromatic N) is 3. The van der Waals surface area contributed by atoms with Crippen LogP contribution in [-0.2, 0) is 32.3 Å². The quantitative estimate of drug-likeness (QED) is 0.0938. The molecule has 0 unspecified atom stereocenters. The summed E-state index contributed by atoms with van der Waals surface area (Å²) < 4.78 is 5.71. The standard InChI is InChI=1S/C16H24N6O.2C4H4O4/c1-19-16(13(9-17)10-18)21-8-4-7-20-11-14-5-6-15(23-14)12-22(2)3;2*5-3(6)1-2-4(7)8/h5-6,19-21H,4,7-8,11-12H2,1-3H3;2*1-2H,(H,5,6)(H,7,8)/b;2*2-1+. The monoisotopic (exact) mass is 548 g/mol. The number of aliphatic carboxylic acids is 4. The van der Waals surface area contributed by atoms with Gasteiger partial charge in [-0.3, -0.25) is 0 Å². The zero-order valence-corrected chi connectivity index (χ0v) is 21.7. The smallest absolute Gasteiger partial charge is 0.328 e. The van der Waals surface area contributed by atoms with Gasteiger partial charge in [0.2, 0.25) is 0 Å². The van der Waals surface area contributed by atoms with Crippen molar-refractivity contribution in [3.8, 4) is 12.1 Å². The van der Waals surface area contributed by atoms with Crippen LogP contribution in [-0.4, -0.2) is 83.4 Å². The van der Waals surface area contributed by atoms with Crippen LogP contribution in [0.4, 0.5) is 0 Å². The van der Waals surface area contributed by atoms with E-state index in [-0.39, 0.29) is 5.57 Å². The third-order valence-electron chi connectivity index (χ3n) is 3.78. The fourth-order valence-electron chi connectivity index (χ4n) is 2.28. The Balaban J connectivity index is 0. The van der Waals surface area contributed by atoms with E-state index in [0.29, 0.717) is 43.2 Å². The summed E-state index contributed by atoms with van der Waals surface area (Å²) >= 11 is 0. The van der Waals surface area contributed by atoms with Gasteiger partial charge in [0.25, 0.3) is 0 Å². The van der Waals surface area contributed by atoms with Crippen molar-refractivity contribution in [1.82, 2.24) is 20.9 Å². The molecular formula is C24H32N6O9. The number of furan rings is 1. The lowest BCUT2D eigenvalue weighted by atomic mass is 10.3. The summed E-state index contributed by atoms with van der Waals surface area (Å²) in [6, 6.07) is 7.69. The Hall–Kier alpha value is -5.12. The second-order valence-corrected chi connectivity index (χ2v) is 7.31. The molecule has 212 valence electrons. The van der Waals surface area contributed by atoms with Crippen LogP contribution in [0, 0.1) is 22.7 Å². The number of rotatable bonds is 14. The van der Waals surface area contributed by atoms with Crippen LogP contribution in [0.25, 0.3) is 0 Å². The molecule has 0 radical (unpaired) electrons. The molecule has 0 spiro atoms. The lowest BCUT2D eigenvalue weighted by Crippen LogP contribution is -2.28. The number of carbonyl (C=O) groups is 4. The third kappa shape index (κ3) is 23.1. The molecule has 1 rings (SSSR count). The van der Waals surface area contributed by atoms with Crippen molar-refractivity contribution in [1.29, 1.82) is 10.5 Å². The summed E-state index contributed by atoms with van der Waals surface area (Å²) in [5, 5.41) is 58.1. The highest BCUT2D eigenvalue weighted by Crippen LogP contribution is 2.09. The number of hydrogen-bond acceptors (Lipinski definition) is 11. The average Bonchev–Trinajstić information content (AvgIpc) is 3.30. The van der Waals surface area contributed by atoms with Gasteiger partial charge in [0.15, 0.2) is 5.57 Å². The first kappa shape index (κ1) is 36.0. The van der Waals surface area contributed by atoms with E-state index < -0.39 is 23.9 Å². The first-order chi connectivity index (χ1) is 18.4. The molecule has 0 saturated heterocycles. The maximum atomic E-state index is 9.55. The maximum absolute atomic E-state index is 9.55. The first-order valence-corrected chi connectivity index (χ1v) is 11.0. The Morgan fingerprint density at radius 1 is 0.872 bits per heavy atom. The predicted octanol–water partition coefficient (Wildman–Crippen LogP) is 0.312. The van der Waals surface area contributed by atoms with E-state index in [4.69, 9.17) is 35.4 Å². The van der Waals surface area contributed by atoms with Gasteiger partial charge in [-0.1, -0.05) is 0 Å². The van der Waals surface area contributed by atoms with Crippen LogP contribution in [0.2, 0.25) is 0 Å². The fourth-order valence-corrected chi connectivity index (χ4v) is 2.28. The number of carboxylic acids is 4. The van der Waals surface area contributed by atoms with Gasteiger partial charge in [-0.2, -0.15) is 10.5 Å². The van der Waals surface area contributed by atoms with Gasteiger partial charge in [0.05, 0.1) is 13.1 Å². The molecule has 1 aromatic rings. The van der Waals surface area contributed by atoms with Gasteiger partial charge in [0.1, 0.15) is 29.5 Å². The van der Waals surface area contributed by atoms with Crippen LogP contribution in [0.1, 0.15) is 17.9 Å². The highest BCUT2D eigenvalue weighted by atomic mass is 16.4. The third-order valence-corrected chi connectivity index (χ3v) is 3.78. The van der Waals surface area contributed by atoms with E-state index >= 15 is 0 Å². The number of allylic oxidation sites excluding steroid dienone is 1. The van der Waals surface area contributed by atoms with Gasteiger partial charge < -0.3 is 45.7 Å². The van der Waals surface area contributed by atoms with Crippen molar-refractivity contribution in [3.05, 3.63) is 59.4 Å². The zero-order chi connectivity index (χ0) is 30.2. The molecule has 0 aliphatic carbocycles. The molecule has 0 fully saturated rings. The Bertz CT molecular complexity index is 1030. The Labute approximate surface area is 224 Å². The summed E-state index contributed by atoms with van der Waals surface area (Å²) in [5.74, 6) is -2.69. The highest BCUT2D eigenvalue weighted by Gasteiger charge is 2.04. The molecule has 7 N–H and O–H groups in total. The molecular weight excluding hydrogens is 516 g/mol. The minimum atomic E-state index is -1.26. The van der Waals surface area contributed by atoms with Crippen LogP contribution in [0.5, 0.6) is 0 Å². The molecule has 0 saturated carbocycles. The molecule has 0 atom stereocenters. The van der Waals surface area contributed by atoms with Crippen LogP contribution >= 0.6 is 0 Å². The number of hydrogen-bond donors (Lipinski definition) is 7. The van der Waals surface area contributed by atoms with Gasteiger partial charge in [-0.05, 0) is 39.2 Å². The van der Waals surface area contributed by atoms with Crippen molar-refractivity contribution in [2.24, 2.45) is 0 Å². The summed E-state index contributed by atoms with van der Waals surface area (Å²) in [7, 11) is 5.69. The van der Waals surface area contributed by atoms with Gasteiger partial charge in [0, 0.05) is 37.9 Å². The second-order valence-electron chi connectivity index (χ2n) is 7.31. The molecule has 15 heteroatoms. The molecule has 39 heavy (non-hydrogen) atoms. The zero-order valence-electron chi connectivity index (χ0n) is 21.7. The lowest BCUT2D eigenvalue weighted by Gasteiger charge is -2.10. The van der Waals surface area contributed by atoms with Gasteiger partial charge in [-0.25, -0.2) is 19.2 Å². The largest absolute Gasteiger partial charge is 0.478 e. The summed E-state index contributed by atoms with van der Waals surface area (Å²) in [6.07, 6.45) is 3.09. The summed E-state index contributed by atoms with van der Waals surface area (Å²) in [6.45, 7) is 2.95. The van der Waals surface area contributed by atoms with Crippen LogP contribution in [0.3, 0.4) is 0 Å². The molecule has 15 nitrogen and oxygen atoms in total. The normalized spacial score (nSPS) is 9.79. The van der Waals surface area contributed by atoms with Crippen LogP contribution < -0.4 is 16.0 Å². The molecule has 0 amide bonds. The Morgan fingerprint density at radius 3 is 1.72 bits per heavy atom. The summed E-state index contributed by atoms with van der Waals surface area (Å²) in [5.41, 5.74) is 0.0597. The molecule has 1 aromatic heterocycles. The van der Waals surface area contributed by atoms with Crippen molar-refractivity contribution in [2.45, 2.75) is 19.5 Å². The van der Waals surface area contributed by atoms with E-state index in [0.717, 1.165) is 31.0 Å². The number of nitrogens with one attached hydrogen (secondary N) is 3. The molecule has 0 aliphatic rings.